The van der Waals surface area contributed by atoms with Crippen molar-refractivity contribution in [3.63, 3.8) is 0 Å². The molecule has 1 fully saturated rings. The Labute approximate surface area is 133 Å². The number of ketones is 1. The Kier molecular flexibility index (Phi) is 6.40. The number of nitrogens with zero attached hydrogens (tertiary/aromatic N) is 1. The zero-order valence-corrected chi connectivity index (χ0v) is 13.5. The predicted molar refractivity (Wildman–Crippen MR) is 90.2 cm³/mol. The van der Waals surface area contributed by atoms with Crippen molar-refractivity contribution in [1.29, 1.82) is 5.26 Å². The highest BCUT2D eigenvalue weighted by molar-refractivity contribution is 6.03. The van der Waals surface area contributed by atoms with Gasteiger partial charge in [-0.25, -0.2) is 0 Å². The lowest BCUT2D eigenvalue weighted by atomic mass is 9.97. The van der Waals surface area contributed by atoms with Crippen LogP contribution in [0.4, 0.5) is 0 Å². The smallest absolute Gasteiger partial charge is 0.161 e. The molecule has 2 nitrogen and oxygen atoms in total. The monoisotopic (exact) mass is 295 g/mol. The summed E-state index contributed by atoms with van der Waals surface area (Å²) in [6, 6.07) is 9.55. The maximum Gasteiger partial charge on any atom is 0.161 e. The van der Waals surface area contributed by atoms with E-state index in [4.69, 9.17) is 5.26 Å². The van der Waals surface area contributed by atoms with Crippen molar-refractivity contribution in [3.8, 4) is 6.07 Å². The molecule has 0 aromatic heterocycles. The molecule has 2 rings (SSSR count). The fourth-order valence-electron chi connectivity index (χ4n) is 3.11. The lowest BCUT2D eigenvalue weighted by Gasteiger charge is -2.07. The van der Waals surface area contributed by atoms with Crippen LogP contribution in [0.15, 0.2) is 29.8 Å². The van der Waals surface area contributed by atoms with Crippen molar-refractivity contribution in [3.05, 3.63) is 41.0 Å². The number of allylic oxidation sites excluding steroid dienone is 1. The van der Waals surface area contributed by atoms with E-state index in [1.54, 1.807) is 12.1 Å². The maximum atomic E-state index is 12.4. The summed E-state index contributed by atoms with van der Waals surface area (Å²) in [7, 11) is 0. The van der Waals surface area contributed by atoms with Crippen LogP contribution < -0.4 is 0 Å². The quantitative estimate of drug-likeness (QED) is 0.507. The van der Waals surface area contributed by atoms with Crippen molar-refractivity contribution >= 4 is 11.9 Å². The first-order chi connectivity index (χ1) is 10.7. The number of carbonyl (C=O) groups is 1. The van der Waals surface area contributed by atoms with Crippen molar-refractivity contribution in [2.75, 3.05) is 0 Å². The molecule has 2 heteroatoms. The lowest BCUT2D eigenvalue weighted by molar-refractivity contribution is -0.117. The summed E-state index contributed by atoms with van der Waals surface area (Å²) in [5.41, 5.74) is 2.64. The van der Waals surface area contributed by atoms with E-state index in [0.717, 1.165) is 30.4 Å². The van der Waals surface area contributed by atoms with Gasteiger partial charge in [0.1, 0.15) is 0 Å². The molecular weight excluding hydrogens is 270 g/mol. The Balaban J connectivity index is 1.87. The number of Topliss-reactive ketones (excluding diaryl/α,β-unsaturated/α-hetero) is 1. The first-order valence-corrected chi connectivity index (χ1v) is 8.49. The van der Waals surface area contributed by atoms with Crippen LogP contribution in [-0.4, -0.2) is 5.78 Å². The Morgan fingerprint density at radius 3 is 2.59 bits per heavy atom. The topological polar surface area (TPSA) is 40.9 Å². The molecule has 1 aromatic rings. The Hall–Kier alpha value is -1.88. The lowest BCUT2D eigenvalue weighted by Crippen LogP contribution is -2.07. The second-order valence-electron chi connectivity index (χ2n) is 6.21. The van der Waals surface area contributed by atoms with Crippen LogP contribution in [0.25, 0.3) is 6.08 Å². The third-order valence-corrected chi connectivity index (χ3v) is 4.49. The fourth-order valence-corrected chi connectivity index (χ4v) is 3.11. The number of benzene rings is 1. The number of hydrogen-bond acceptors (Lipinski definition) is 2. The summed E-state index contributed by atoms with van der Waals surface area (Å²) in [5, 5.41) is 8.81. The minimum absolute atomic E-state index is 0.242. The molecule has 0 bridgehead atoms. The average Bonchev–Trinajstić information content (AvgIpc) is 2.89. The van der Waals surface area contributed by atoms with E-state index in [2.05, 4.69) is 13.0 Å². The van der Waals surface area contributed by atoms with E-state index in [1.807, 2.05) is 18.2 Å². The van der Waals surface area contributed by atoms with Crippen molar-refractivity contribution in [2.24, 2.45) is 5.92 Å². The van der Waals surface area contributed by atoms with Crippen molar-refractivity contribution in [2.45, 2.75) is 58.3 Å². The van der Waals surface area contributed by atoms with Crippen LogP contribution >= 0.6 is 0 Å². The van der Waals surface area contributed by atoms with Gasteiger partial charge >= 0.3 is 0 Å². The molecule has 0 N–H and O–H groups in total. The summed E-state index contributed by atoms with van der Waals surface area (Å²) in [4.78, 5) is 12.4. The van der Waals surface area contributed by atoms with E-state index < -0.39 is 0 Å². The second-order valence-corrected chi connectivity index (χ2v) is 6.21. The van der Waals surface area contributed by atoms with Crippen molar-refractivity contribution in [1.82, 2.24) is 0 Å². The maximum absolute atomic E-state index is 12.4. The molecule has 1 saturated carbocycles. The van der Waals surface area contributed by atoms with Gasteiger partial charge < -0.3 is 0 Å². The molecule has 1 aliphatic carbocycles. The van der Waals surface area contributed by atoms with Gasteiger partial charge in [0.2, 0.25) is 0 Å². The first kappa shape index (κ1) is 16.5. The molecule has 116 valence electrons. The van der Waals surface area contributed by atoms with Gasteiger partial charge in [0, 0.05) is 5.92 Å². The summed E-state index contributed by atoms with van der Waals surface area (Å²) in [6.45, 7) is 2.22. The molecule has 0 heterocycles. The van der Waals surface area contributed by atoms with Crippen LogP contribution in [-0.2, 0) is 4.79 Å². The van der Waals surface area contributed by atoms with Gasteiger partial charge in [-0.15, -0.1) is 0 Å². The summed E-state index contributed by atoms with van der Waals surface area (Å²) in [6.07, 6.45) is 11.3. The minimum atomic E-state index is 0.242. The Bertz CT molecular complexity index is 562. The number of unbranched alkanes of at least 4 members (excludes halogenated alkanes) is 4. The number of rotatable bonds is 7. The van der Waals surface area contributed by atoms with Gasteiger partial charge in [-0.1, -0.05) is 51.2 Å². The summed E-state index contributed by atoms with van der Waals surface area (Å²) >= 11 is 0. The first-order valence-electron chi connectivity index (χ1n) is 8.49. The zero-order valence-electron chi connectivity index (χ0n) is 13.5. The third kappa shape index (κ3) is 4.56. The van der Waals surface area contributed by atoms with Gasteiger partial charge in [0.25, 0.3) is 0 Å². The molecule has 22 heavy (non-hydrogen) atoms. The Morgan fingerprint density at radius 2 is 1.91 bits per heavy atom. The van der Waals surface area contributed by atoms with Gasteiger partial charge in [0.15, 0.2) is 5.78 Å². The van der Waals surface area contributed by atoms with Crippen LogP contribution in [0.2, 0.25) is 0 Å². The van der Waals surface area contributed by atoms with E-state index in [9.17, 15) is 4.79 Å². The van der Waals surface area contributed by atoms with Crippen molar-refractivity contribution < 1.29 is 4.79 Å². The highest BCUT2D eigenvalue weighted by atomic mass is 16.1. The third-order valence-electron chi connectivity index (χ3n) is 4.49. The van der Waals surface area contributed by atoms with Crippen LogP contribution in [0.5, 0.6) is 0 Å². The van der Waals surface area contributed by atoms with E-state index >= 15 is 0 Å². The zero-order chi connectivity index (χ0) is 15.8. The minimum Gasteiger partial charge on any atom is -0.294 e. The van der Waals surface area contributed by atoms with E-state index in [0.29, 0.717) is 11.3 Å². The average molecular weight is 295 g/mol. The van der Waals surface area contributed by atoms with Gasteiger partial charge in [-0.2, -0.15) is 5.26 Å². The normalized spacial score (nSPS) is 19.5. The highest BCUT2D eigenvalue weighted by Crippen LogP contribution is 2.32. The molecule has 0 saturated heterocycles. The molecule has 1 aromatic carbocycles. The van der Waals surface area contributed by atoms with Crippen LogP contribution in [0.1, 0.15) is 69.4 Å². The SMILES string of the molecule is CCCCCCC[C@@H]1CC/C(=C/c2ccc(C#N)cc2)C1=O. The van der Waals surface area contributed by atoms with Gasteiger partial charge in [0.05, 0.1) is 11.6 Å². The summed E-state index contributed by atoms with van der Waals surface area (Å²) < 4.78 is 0. The molecule has 0 spiro atoms. The largest absolute Gasteiger partial charge is 0.294 e. The number of hydrogen-bond donors (Lipinski definition) is 0. The van der Waals surface area contributed by atoms with Crippen LogP contribution in [0.3, 0.4) is 0 Å². The molecule has 0 radical (unpaired) electrons. The fraction of sp³-hybridized carbons (Fsp3) is 0.500. The number of nitriles is 1. The predicted octanol–water partition coefficient (Wildman–Crippen LogP) is 5.28. The summed E-state index contributed by atoms with van der Waals surface area (Å²) in [5.74, 6) is 0.589. The van der Waals surface area contributed by atoms with Gasteiger partial charge in [-0.3, -0.25) is 4.79 Å². The second kappa shape index (κ2) is 8.54. The van der Waals surface area contributed by atoms with Crippen LogP contribution in [0, 0.1) is 17.2 Å². The Morgan fingerprint density at radius 1 is 1.18 bits per heavy atom. The van der Waals surface area contributed by atoms with E-state index in [1.165, 1.54) is 32.1 Å². The molecule has 1 aliphatic rings. The molecule has 0 aliphatic heterocycles. The van der Waals surface area contributed by atoms with E-state index in [-0.39, 0.29) is 5.92 Å². The van der Waals surface area contributed by atoms with Gasteiger partial charge in [-0.05, 0) is 48.6 Å². The standard InChI is InChI=1S/C20H25NO/c1-2-3-4-5-6-7-18-12-13-19(20(18)22)14-16-8-10-17(15-21)11-9-16/h8-11,14,18H,2-7,12-13H2,1H3/b19-14-/t18-/m1/s1. The highest BCUT2D eigenvalue weighted by Gasteiger charge is 2.28. The number of carbonyl (C=O) groups excluding carboxylic acids is 1. The molecule has 0 unspecified atom stereocenters. The molecule has 0 amide bonds. The molecule has 1 atom stereocenters. The molecular formula is C20H25NO.